The van der Waals surface area contributed by atoms with E-state index < -0.39 is 0 Å². The number of carbonyl (C=O) groups is 1. The van der Waals surface area contributed by atoms with Gasteiger partial charge in [-0.15, -0.1) is 0 Å². The van der Waals surface area contributed by atoms with E-state index in [1.165, 1.54) is 12.1 Å². The SMILES string of the molecule is NCC1CCN(C(=O)Cc2cn(-c3ccccc3)nc2-c2ccc(F)cc2)C1. The minimum Gasteiger partial charge on any atom is -0.342 e. The molecule has 1 aliphatic rings. The van der Waals surface area contributed by atoms with E-state index in [0.29, 0.717) is 24.7 Å². The number of rotatable bonds is 5. The highest BCUT2D eigenvalue weighted by atomic mass is 19.1. The molecule has 5 nitrogen and oxygen atoms in total. The molecule has 1 unspecified atom stereocenters. The summed E-state index contributed by atoms with van der Waals surface area (Å²) >= 11 is 0. The minimum absolute atomic E-state index is 0.0759. The summed E-state index contributed by atoms with van der Waals surface area (Å²) in [5.74, 6) is 0.160. The zero-order chi connectivity index (χ0) is 19.5. The topological polar surface area (TPSA) is 64.2 Å². The molecule has 2 aromatic carbocycles. The number of hydrogen-bond acceptors (Lipinski definition) is 3. The lowest BCUT2D eigenvalue weighted by Crippen LogP contribution is -2.31. The number of nitrogens with zero attached hydrogens (tertiary/aromatic N) is 3. The Kier molecular flexibility index (Phi) is 5.21. The maximum Gasteiger partial charge on any atom is 0.227 e. The molecule has 1 amide bonds. The third kappa shape index (κ3) is 3.82. The van der Waals surface area contributed by atoms with Crippen molar-refractivity contribution in [2.45, 2.75) is 12.8 Å². The number of aromatic nitrogens is 2. The standard InChI is InChI=1S/C22H23FN4O/c23-19-8-6-17(7-9-19)22-18(12-21(28)26-11-10-16(13-24)14-26)15-27(25-22)20-4-2-1-3-5-20/h1-9,15-16H,10-14,24H2. The van der Waals surface area contributed by atoms with Crippen LogP contribution in [0.1, 0.15) is 12.0 Å². The Morgan fingerprint density at radius 1 is 1.14 bits per heavy atom. The lowest BCUT2D eigenvalue weighted by molar-refractivity contribution is -0.129. The van der Waals surface area contributed by atoms with Gasteiger partial charge in [-0.3, -0.25) is 4.79 Å². The smallest absolute Gasteiger partial charge is 0.227 e. The van der Waals surface area contributed by atoms with Gasteiger partial charge in [0.2, 0.25) is 5.91 Å². The van der Waals surface area contributed by atoms with Crippen molar-refractivity contribution < 1.29 is 9.18 Å². The highest BCUT2D eigenvalue weighted by Gasteiger charge is 2.26. The average Bonchev–Trinajstić information content (AvgIpc) is 3.37. The molecule has 2 N–H and O–H groups in total. The molecular weight excluding hydrogens is 355 g/mol. The Bertz CT molecular complexity index is 952. The predicted octanol–water partition coefficient (Wildman–Crippen LogP) is 3.03. The number of benzene rings is 2. The second-order valence-corrected chi connectivity index (χ2v) is 7.20. The van der Waals surface area contributed by atoms with Crippen molar-refractivity contribution in [1.29, 1.82) is 0 Å². The Balaban J connectivity index is 1.65. The third-order valence-electron chi connectivity index (χ3n) is 5.24. The number of amides is 1. The zero-order valence-corrected chi connectivity index (χ0v) is 15.6. The molecule has 0 saturated carbocycles. The van der Waals surface area contributed by atoms with Crippen LogP contribution in [0, 0.1) is 11.7 Å². The van der Waals surface area contributed by atoms with E-state index in [9.17, 15) is 9.18 Å². The fourth-order valence-corrected chi connectivity index (χ4v) is 3.63. The molecule has 28 heavy (non-hydrogen) atoms. The van der Waals surface area contributed by atoms with E-state index in [4.69, 9.17) is 10.8 Å². The predicted molar refractivity (Wildman–Crippen MR) is 106 cm³/mol. The van der Waals surface area contributed by atoms with E-state index in [1.54, 1.807) is 16.8 Å². The summed E-state index contributed by atoms with van der Waals surface area (Å²) in [6.45, 7) is 2.07. The molecule has 4 rings (SSSR count). The highest BCUT2D eigenvalue weighted by molar-refractivity contribution is 5.81. The van der Waals surface area contributed by atoms with E-state index >= 15 is 0 Å². The third-order valence-corrected chi connectivity index (χ3v) is 5.24. The molecule has 144 valence electrons. The van der Waals surface area contributed by atoms with Crippen molar-refractivity contribution in [2.75, 3.05) is 19.6 Å². The molecule has 1 aromatic heterocycles. The number of nitrogens with two attached hydrogens (primary N) is 1. The molecule has 0 radical (unpaired) electrons. The lowest BCUT2D eigenvalue weighted by Gasteiger charge is -2.16. The molecule has 1 atom stereocenters. The van der Waals surface area contributed by atoms with Crippen LogP contribution in [0.25, 0.3) is 16.9 Å². The Labute approximate surface area is 163 Å². The molecule has 0 spiro atoms. The number of hydrogen-bond donors (Lipinski definition) is 1. The fraction of sp³-hybridized carbons (Fsp3) is 0.273. The van der Waals surface area contributed by atoms with Gasteiger partial charge in [0.1, 0.15) is 5.82 Å². The summed E-state index contributed by atoms with van der Waals surface area (Å²) < 4.78 is 15.1. The van der Waals surface area contributed by atoms with E-state index in [-0.39, 0.29) is 18.1 Å². The van der Waals surface area contributed by atoms with Crippen LogP contribution >= 0.6 is 0 Å². The van der Waals surface area contributed by atoms with Crippen molar-refractivity contribution in [3.05, 3.63) is 72.2 Å². The van der Waals surface area contributed by atoms with Gasteiger partial charge < -0.3 is 10.6 Å². The van der Waals surface area contributed by atoms with Crippen molar-refractivity contribution in [3.8, 4) is 16.9 Å². The van der Waals surface area contributed by atoms with Crippen LogP contribution in [-0.2, 0) is 11.2 Å². The largest absolute Gasteiger partial charge is 0.342 e. The lowest BCUT2D eigenvalue weighted by atomic mass is 10.1. The van der Waals surface area contributed by atoms with Crippen LogP contribution in [0.15, 0.2) is 60.8 Å². The van der Waals surface area contributed by atoms with Gasteiger partial charge in [0.15, 0.2) is 0 Å². The van der Waals surface area contributed by atoms with Crippen LogP contribution < -0.4 is 5.73 Å². The van der Waals surface area contributed by atoms with Crippen molar-refractivity contribution in [3.63, 3.8) is 0 Å². The van der Waals surface area contributed by atoms with Gasteiger partial charge in [-0.1, -0.05) is 18.2 Å². The van der Waals surface area contributed by atoms with Crippen LogP contribution in [0.3, 0.4) is 0 Å². The van der Waals surface area contributed by atoms with Crippen molar-refractivity contribution >= 4 is 5.91 Å². The molecule has 0 aliphatic carbocycles. The minimum atomic E-state index is -0.297. The van der Waals surface area contributed by atoms with Crippen molar-refractivity contribution in [1.82, 2.24) is 14.7 Å². The number of likely N-dealkylation sites (tertiary alicyclic amines) is 1. The van der Waals surface area contributed by atoms with Gasteiger partial charge in [0, 0.05) is 30.4 Å². The van der Waals surface area contributed by atoms with Gasteiger partial charge in [-0.25, -0.2) is 9.07 Å². The fourth-order valence-electron chi connectivity index (χ4n) is 3.63. The van der Waals surface area contributed by atoms with Crippen LogP contribution in [0.5, 0.6) is 0 Å². The molecule has 1 fully saturated rings. The summed E-state index contributed by atoms with van der Waals surface area (Å²) in [4.78, 5) is 14.7. The van der Waals surface area contributed by atoms with Crippen LogP contribution in [0.2, 0.25) is 0 Å². The first-order valence-corrected chi connectivity index (χ1v) is 9.52. The average molecular weight is 378 g/mol. The Morgan fingerprint density at radius 3 is 2.57 bits per heavy atom. The summed E-state index contributed by atoms with van der Waals surface area (Å²) in [5, 5.41) is 4.69. The first-order valence-electron chi connectivity index (χ1n) is 9.52. The van der Waals surface area contributed by atoms with Gasteiger partial charge in [-0.05, 0) is 55.3 Å². The van der Waals surface area contributed by atoms with Gasteiger partial charge in [0.05, 0.1) is 17.8 Å². The Hall–Kier alpha value is -2.99. The normalized spacial score (nSPS) is 16.5. The molecule has 1 aliphatic heterocycles. The zero-order valence-electron chi connectivity index (χ0n) is 15.6. The monoisotopic (exact) mass is 378 g/mol. The molecule has 3 aromatic rings. The number of halogens is 1. The van der Waals surface area contributed by atoms with Crippen LogP contribution in [-0.4, -0.2) is 40.2 Å². The van der Waals surface area contributed by atoms with Gasteiger partial charge in [0.25, 0.3) is 0 Å². The Morgan fingerprint density at radius 2 is 1.89 bits per heavy atom. The van der Waals surface area contributed by atoms with Gasteiger partial charge >= 0.3 is 0 Å². The van der Waals surface area contributed by atoms with Gasteiger partial charge in [-0.2, -0.15) is 5.10 Å². The maximum absolute atomic E-state index is 13.4. The van der Waals surface area contributed by atoms with Crippen molar-refractivity contribution in [2.24, 2.45) is 11.7 Å². The molecule has 2 heterocycles. The van der Waals surface area contributed by atoms with E-state index in [2.05, 4.69) is 0 Å². The van der Waals surface area contributed by atoms with Crippen LogP contribution in [0.4, 0.5) is 4.39 Å². The summed E-state index contributed by atoms with van der Waals surface area (Å²) in [6.07, 6.45) is 3.11. The molecular formula is C22H23FN4O. The van der Waals surface area contributed by atoms with E-state index in [0.717, 1.165) is 29.8 Å². The summed E-state index contributed by atoms with van der Waals surface area (Å²) in [7, 11) is 0. The molecule has 0 bridgehead atoms. The number of carbonyl (C=O) groups excluding carboxylic acids is 1. The second-order valence-electron chi connectivity index (χ2n) is 7.20. The summed E-state index contributed by atoms with van der Waals surface area (Å²) in [5.41, 5.74) is 8.98. The molecule has 1 saturated heterocycles. The van der Waals surface area contributed by atoms with E-state index in [1.807, 2.05) is 41.4 Å². The number of para-hydroxylation sites is 1. The summed E-state index contributed by atoms with van der Waals surface area (Å²) in [6, 6.07) is 16.0. The first kappa shape index (κ1) is 18.4. The maximum atomic E-state index is 13.4. The quantitative estimate of drug-likeness (QED) is 0.742. The molecule has 6 heteroatoms. The highest BCUT2D eigenvalue weighted by Crippen LogP contribution is 2.26. The first-order chi connectivity index (χ1) is 13.6. The second kappa shape index (κ2) is 7.94.